The zero-order valence-electron chi connectivity index (χ0n) is 14.5. The molecule has 1 aromatic heterocycles. The van der Waals surface area contributed by atoms with Gasteiger partial charge in [0.25, 0.3) is 0 Å². The predicted octanol–water partition coefficient (Wildman–Crippen LogP) is 1.45. The van der Waals surface area contributed by atoms with Crippen LogP contribution in [0.3, 0.4) is 0 Å². The van der Waals surface area contributed by atoms with Gasteiger partial charge in [-0.05, 0) is 18.1 Å². The third-order valence-electron chi connectivity index (χ3n) is 4.99. The van der Waals surface area contributed by atoms with Gasteiger partial charge >= 0.3 is 0 Å². The number of hydrogen-bond acceptors (Lipinski definition) is 6. The van der Waals surface area contributed by atoms with Gasteiger partial charge in [-0.3, -0.25) is 4.79 Å². The van der Waals surface area contributed by atoms with Gasteiger partial charge in [0, 0.05) is 44.2 Å². The molecule has 0 radical (unpaired) electrons. The summed E-state index contributed by atoms with van der Waals surface area (Å²) in [6.45, 7) is 1.41. The number of piperidine rings is 1. The van der Waals surface area contributed by atoms with Crippen LogP contribution in [0, 0.1) is 0 Å². The average molecular weight is 353 g/mol. The molecule has 2 aliphatic heterocycles. The van der Waals surface area contributed by atoms with E-state index in [0.29, 0.717) is 19.0 Å². The Labute approximate surface area is 152 Å². The van der Waals surface area contributed by atoms with Crippen molar-refractivity contribution in [3.8, 4) is 5.88 Å². The highest BCUT2D eigenvalue weighted by Crippen LogP contribution is 2.24. The molecule has 2 aromatic rings. The van der Waals surface area contributed by atoms with E-state index in [1.165, 1.54) is 5.56 Å². The molecule has 0 spiro atoms. The van der Waals surface area contributed by atoms with Crippen LogP contribution >= 0.6 is 0 Å². The summed E-state index contributed by atoms with van der Waals surface area (Å²) in [4.78, 5) is 14.7. The van der Waals surface area contributed by atoms with Gasteiger partial charge < -0.3 is 9.64 Å². The van der Waals surface area contributed by atoms with Crippen LogP contribution < -0.4 is 15.6 Å². The summed E-state index contributed by atoms with van der Waals surface area (Å²) in [6.07, 6.45) is 4.09. The Kier molecular flexibility index (Phi) is 5.08. The fourth-order valence-corrected chi connectivity index (χ4v) is 3.56. The van der Waals surface area contributed by atoms with Crippen molar-refractivity contribution in [1.82, 2.24) is 25.9 Å². The number of hydrogen-bond donors (Lipinski definition) is 2. The lowest BCUT2D eigenvalue weighted by atomic mass is 10.0. The van der Waals surface area contributed by atoms with Crippen LogP contribution in [0.2, 0.25) is 0 Å². The summed E-state index contributed by atoms with van der Waals surface area (Å²) in [7, 11) is 0. The van der Waals surface area contributed by atoms with E-state index < -0.39 is 0 Å². The van der Waals surface area contributed by atoms with Gasteiger partial charge in [-0.25, -0.2) is 10.9 Å². The molecule has 2 unspecified atom stereocenters. The van der Waals surface area contributed by atoms with Crippen LogP contribution in [0.15, 0.2) is 48.7 Å². The maximum absolute atomic E-state index is 12.8. The third-order valence-corrected chi connectivity index (χ3v) is 4.99. The molecule has 0 saturated carbocycles. The first-order valence-electron chi connectivity index (χ1n) is 9.09. The van der Waals surface area contributed by atoms with Crippen molar-refractivity contribution in [3.63, 3.8) is 0 Å². The molecule has 2 fully saturated rings. The normalized spacial score (nSPS) is 23.8. The lowest BCUT2D eigenvalue weighted by Crippen LogP contribution is -2.49. The Bertz CT molecular complexity index is 719. The summed E-state index contributed by atoms with van der Waals surface area (Å²) in [5.74, 6) is 0.707. The maximum Gasteiger partial charge on any atom is 0.241 e. The maximum atomic E-state index is 12.8. The van der Waals surface area contributed by atoms with E-state index in [-0.39, 0.29) is 24.1 Å². The monoisotopic (exact) mass is 353 g/mol. The molecule has 7 nitrogen and oxygen atoms in total. The number of nitrogens with one attached hydrogen (secondary N) is 2. The predicted molar refractivity (Wildman–Crippen MR) is 96.1 cm³/mol. The molecular formula is C19H23N5O2. The molecule has 7 heteroatoms. The van der Waals surface area contributed by atoms with E-state index in [4.69, 9.17) is 4.74 Å². The van der Waals surface area contributed by atoms with Crippen LogP contribution in [0.1, 0.15) is 30.9 Å². The lowest BCUT2D eigenvalue weighted by molar-refractivity contribution is -0.135. The second kappa shape index (κ2) is 7.80. The van der Waals surface area contributed by atoms with Crippen molar-refractivity contribution >= 4 is 5.91 Å². The molecular weight excluding hydrogens is 330 g/mol. The van der Waals surface area contributed by atoms with E-state index in [1.54, 1.807) is 6.20 Å². The number of aromatic nitrogens is 2. The van der Waals surface area contributed by atoms with Crippen molar-refractivity contribution in [3.05, 3.63) is 54.2 Å². The number of benzene rings is 1. The molecule has 3 heterocycles. The van der Waals surface area contributed by atoms with Crippen molar-refractivity contribution in [1.29, 1.82) is 0 Å². The number of amides is 1. The number of carbonyl (C=O) groups is 1. The number of likely N-dealkylation sites (tertiary alicyclic amines) is 1. The second-order valence-corrected chi connectivity index (χ2v) is 6.74. The Morgan fingerprint density at radius 2 is 1.88 bits per heavy atom. The van der Waals surface area contributed by atoms with Crippen molar-refractivity contribution in [2.45, 2.75) is 37.5 Å². The first-order valence-corrected chi connectivity index (χ1v) is 9.09. The number of rotatable bonds is 4. The highest BCUT2D eigenvalue weighted by Gasteiger charge is 2.34. The average Bonchev–Trinajstić information content (AvgIpc) is 3.20. The molecule has 2 aliphatic rings. The second-order valence-electron chi connectivity index (χ2n) is 6.74. The summed E-state index contributed by atoms with van der Waals surface area (Å²) in [5, 5.41) is 7.78. The van der Waals surface area contributed by atoms with Crippen LogP contribution in [0.4, 0.5) is 0 Å². The van der Waals surface area contributed by atoms with Crippen molar-refractivity contribution in [2.24, 2.45) is 0 Å². The third kappa shape index (κ3) is 3.84. The Balaban J connectivity index is 1.27. The van der Waals surface area contributed by atoms with E-state index in [1.807, 2.05) is 35.2 Å². The summed E-state index contributed by atoms with van der Waals surface area (Å²) < 4.78 is 5.84. The molecule has 4 rings (SSSR count). The fraction of sp³-hybridized carbons (Fsp3) is 0.421. The zero-order valence-corrected chi connectivity index (χ0v) is 14.5. The number of carbonyl (C=O) groups excluding carboxylic acids is 1. The number of hydrazine groups is 1. The molecule has 2 saturated heterocycles. The standard InChI is InChI=1S/C19H23N5O2/c25-19(17-13-16(21-22-17)14-5-2-1-3-6-14)24-11-8-15(9-12-24)26-18-7-4-10-20-23-18/h1-7,10,15-17,21-22H,8-9,11-13H2. The fourth-order valence-electron chi connectivity index (χ4n) is 3.56. The molecule has 1 amide bonds. The molecule has 136 valence electrons. The Morgan fingerprint density at radius 1 is 1.08 bits per heavy atom. The van der Waals surface area contributed by atoms with Gasteiger partial charge in [-0.15, -0.1) is 5.10 Å². The first-order chi connectivity index (χ1) is 12.8. The summed E-state index contributed by atoms with van der Waals surface area (Å²) >= 11 is 0. The van der Waals surface area contributed by atoms with Gasteiger partial charge in [0.05, 0.1) is 0 Å². The van der Waals surface area contributed by atoms with Crippen molar-refractivity contribution < 1.29 is 9.53 Å². The van der Waals surface area contributed by atoms with E-state index in [0.717, 1.165) is 19.3 Å². The van der Waals surface area contributed by atoms with Crippen molar-refractivity contribution in [2.75, 3.05) is 13.1 Å². The van der Waals surface area contributed by atoms with Crippen LogP contribution in [-0.2, 0) is 4.79 Å². The Hall–Kier alpha value is -2.51. The summed E-state index contributed by atoms with van der Waals surface area (Å²) in [6, 6.07) is 13.8. The largest absolute Gasteiger partial charge is 0.473 e. The highest BCUT2D eigenvalue weighted by atomic mass is 16.5. The molecule has 0 aliphatic carbocycles. The zero-order chi connectivity index (χ0) is 17.8. The minimum Gasteiger partial charge on any atom is -0.473 e. The molecule has 2 N–H and O–H groups in total. The van der Waals surface area contributed by atoms with Gasteiger partial charge in [0.2, 0.25) is 11.8 Å². The molecule has 2 atom stereocenters. The van der Waals surface area contributed by atoms with Crippen LogP contribution in [0.25, 0.3) is 0 Å². The van der Waals surface area contributed by atoms with Gasteiger partial charge in [0.15, 0.2) is 0 Å². The van der Waals surface area contributed by atoms with E-state index in [9.17, 15) is 4.79 Å². The molecule has 0 bridgehead atoms. The summed E-state index contributed by atoms with van der Waals surface area (Å²) in [5.41, 5.74) is 7.61. The van der Waals surface area contributed by atoms with Crippen LogP contribution in [-0.4, -0.2) is 46.2 Å². The number of ether oxygens (including phenoxy) is 1. The highest BCUT2D eigenvalue weighted by molar-refractivity contribution is 5.82. The van der Waals surface area contributed by atoms with E-state index >= 15 is 0 Å². The molecule has 1 aromatic carbocycles. The number of nitrogens with zero attached hydrogens (tertiary/aromatic N) is 3. The minimum absolute atomic E-state index is 0.0856. The van der Waals surface area contributed by atoms with E-state index in [2.05, 4.69) is 33.2 Å². The first kappa shape index (κ1) is 16.9. The minimum atomic E-state index is -0.183. The Morgan fingerprint density at radius 3 is 2.62 bits per heavy atom. The topological polar surface area (TPSA) is 79.4 Å². The van der Waals surface area contributed by atoms with Gasteiger partial charge in [0.1, 0.15) is 12.1 Å². The quantitative estimate of drug-likeness (QED) is 0.866. The van der Waals surface area contributed by atoms with Crippen LogP contribution in [0.5, 0.6) is 5.88 Å². The lowest BCUT2D eigenvalue weighted by Gasteiger charge is -2.33. The van der Waals surface area contributed by atoms with Gasteiger partial charge in [-0.2, -0.15) is 5.10 Å². The smallest absolute Gasteiger partial charge is 0.241 e. The molecule has 26 heavy (non-hydrogen) atoms. The van der Waals surface area contributed by atoms with Gasteiger partial charge in [-0.1, -0.05) is 30.3 Å². The SMILES string of the molecule is O=C(C1CC(c2ccccc2)NN1)N1CCC(Oc2cccnn2)CC1.